The Hall–Kier alpha value is -0.980. The zero-order valence-electron chi connectivity index (χ0n) is 11.0. The highest BCUT2D eigenvalue weighted by Crippen LogP contribution is 2.16. The standard InChI is InChI=1S/C12H20N2O3S/c1-4-5-11-13-6-10(18-11)12(16)14(2)7-9(15)8-17-3/h6,9,15H,4-5,7-8H2,1-3H3. The fourth-order valence-electron chi connectivity index (χ4n) is 1.57. The largest absolute Gasteiger partial charge is 0.389 e. The summed E-state index contributed by atoms with van der Waals surface area (Å²) in [6, 6.07) is 0. The van der Waals surface area contributed by atoms with Crippen molar-refractivity contribution in [2.75, 3.05) is 27.3 Å². The first kappa shape index (κ1) is 15.1. The molecule has 5 nitrogen and oxygen atoms in total. The maximum absolute atomic E-state index is 12.0. The number of nitrogens with zero attached hydrogens (tertiary/aromatic N) is 2. The Labute approximate surface area is 111 Å². The zero-order valence-corrected chi connectivity index (χ0v) is 11.9. The van der Waals surface area contributed by atoms with E-state index < -0.39 is 6.10 Å². The van der Waals surface area contributed by atoms with Crippen LogP contribution in [0.2, 0.25) is 0 Å². The highest BCUT2D eigenvalue weighted by molar-refractivity contribution is 7.13. The molecule has 0 aromatic carbocycles. The molecule has 0 saturated carbocycles. The SMILES string of the molecule is CCCc1ncc(C(=O)N(C)CC(O)COC)s1. The number of rotatable bonds is 7. The summed E-state index contributed by atoms with van der Waals surface area (Å²) >= 11 is 1.42. The van der Waals surface area contributed by atoms with Crippen molar-refractivity contribution < 1.29 is 14.6 Å². The van der Waals surface area contributed by atoms with Crippen LogP contribution in [0.5, 0.6) is 0 Å². The van der Waals surface area contributed by atoms with Crippen molar-refractivity contribution in [3.8, 4) is 0 Å². The molecule has 1 aromatic rings. The second-order valence-electron chi connectivity index (χ2n) is 4.16. The van der Waals surface area contributed by atoms with E-state index in [1.807, 2.05) is 0 Å². The summed E-state index contributed by atoms with van der Waals surface area (Å²) in [7, 11) is 3.19. The van der Waals surface area contributed by atoms with Crippen LogP contribution in [0.25, 0.3) is 0 Å². The van der Waals surface area contributed by atoms with Gasteiger partial charge in [-0.1, -0.05) is 6.92 Å². The third kappa shape index (κ3) is 4.36. The zero-order chi connectivity index (χ0) is 13.5. The maximum atomic E-state index is 12.0. The molecule has 102 valence electrons. The Kier molecular flexibility index (Phi) is 6.24. The maximum Gasteiger partial charge on any atom is 0.265 e. The van der Waals surface area contributed by atoms with E-state index in [9.17, 15) is 9.90 Å². The Morgan fingerprint density at radius 1 is 1.67 bits per heavy atom. The van der Waals surface area contributed by atoms with Crippen molar-refractivity contribution in [2.24, 2.45) is 0 Å². The van der Waals surface area contributed by atoms with E-state index in [1.54, 1.807) is 13.2 Å². The lowest BCUT2D eigenvalue weighted by Crippen LogP contribution is -2.35. The number of aryl methyl sites for hydroxylation is 1. The number of thiazole rings is 1. The van der Waals surface area contributed by atoms with Gasteiger partial charge < -0.3 is 14.7 Å². The van der Waals surface area contributed by atoms with E-state index in [1.165, 1.54) is 23.3 Å². The molecule has 1 amide bonds. The molecule has 0 aliphatic rings. The van der Waals surface area contributed by atoms with Gasteiger partial charge >= 0.3 is 0 Å². The molecule has 1 heterocycles. The van der Waals surface area contributed by atoms with Crippen LogP contribution in [0.1, 0.15) is 28.0 Å². The van der Waals surface area contributed by atoms with Gasteiger partial charge in [0.2, 0.25) is 0 Å². The van der Waals surface area contributed by atoms with E-state index in [-0.39, 0.29) is 19.1 Å². The van der Waals surface area contributed by atoms with Crippen LogP contribution in [0.4, 0.5) is 0 Å². The fourth-order valence-corrected chi connectivity index (χ4v) is 2.58. The van der Waals surface area contributed by atoms with Gasteiger partial charge in [-0.2, -0.15) is 0 Å². The number of ether oxygens (including phenoxy) is 1. The lowest BCUT2D eigenvalue weighted by atomic mass is 10.3. The molecule has 6 heteroatoms. The molecule has 0 bridgehead atoms. The summed E-state index contributed by atoms with van der Waals surface area (Å²) < 4.78 is 4.83. The number of carbonyl (C=O) groups excluding carboxylic acids is 1. The van der Waals surface area contributed by atoms with E-state index in [0.717, 1.165) is 17.8 Å². The second-order valence-corrected chi connectivity index (χ2v) is 5.28. The fraction of sp³-hybridized carbons (Fsp3) is 0.667. The summed E-state index contributed by atoms with van der Waals surface area (Å²) in [6.45, 7) is 2.56. The van der Waals surface area contributed by atoms with Crippen molar-refractivity contribution in [1.82, 2.24) is 9.88 Å². The first-order chi connectivity index (χ1) is 8.58. The summed E-state index contributed by atoms with van der Waals surface area (Å²) in [5.74, 6) is -0.106. The predicted molar refractivity (Wildman–Crippen MR) is 71.0 cm³/mol. The van der Waals surface area contributed by atoms with Crippen molar-refractivity contribution >= 4 is 17.2 Å². The first-order valence-electron chi connectivity index (χ1n) is 5.95. The average molecular weight is 272 g/mol. The van der Waals surface area contributed by atoms with Crippen LogP contribution >= 0.6 is 11.3 Å². The smallest absolute Gasteiger partial charge is 0.265 e. The van der Waals surface area contributed by atoms with Crippen LogP contribution in [0, 0.1) is 0 Å². The number of likely N-dealkylation sites (N-methyl/N-ethyl adjacent to an activating group) is 1. The molecule has 1 atom stereocenters. The Morgan fingerprint density at radius 2 is 2.39 bits per heavy atom. The summed E-state index contributed by atoms with van der Waals surface area (Å²) in [4.78, 5) is 18.4. The van der Waals surface area contributed by atoms with Crippen LogP contribution in [-0.4, -0.2) is 54.3 Å². The lowest BCUT2D eigenvalue weighted by Gasteiger charge is -2.19. The molecular formula is C12H20N2O3S. The predicted octanol–water partition coefficient (Wildman–Crippen LogP) is 1.17. The summed E-state index contributed by atoms with van der Waals surface area (Å²) in [5, 5.41) is 10.6. The van der Waals surface area contributed by atoms with Gasteiger partial charge in [0.15, 0.2) is 0 Å². The Balaban J connectivity index is 2.56. The number of amides is 1. The Bertz CT molecular complexity index is 381. The van der Waals surface area contributed by atoms with Crippen molar-refractivity contribution in [2.45, 2.75) is 25.9 Å². The van der Waals surface area contributed by atoms with Gasteiger partial charge in [0.25, 0.3) is 5.91 Å². The monoisotopic (exact) mass is 272 g/mol. The van der Waals surface area contributed by atoms with Gasteiger partial charge in [-0.25, -0.2) is 4.98 Å². The number of aromatic nitrogens is 1. The first-order valence-corrected chi connectivity index (χ1v) is 6.77. The van der Waals surface area contributed by atoms with E-state index in [0.29, 0.717) is 4.88 Å². The average Bonchev–Trinajstić information content (AvgIpc) is 2.77. The van der Waals surface area contributed by atoms with Crippen molar-refractivity contribution in [1.29, 1.82) is 0 Å². The van der Waals surface area contributed by atoms with E-state index in [4.69, 9.17) is 4.74 Å². The number of hydrogen-bond donors (Lipinski definition) is 1. The molecule has 0 fully saturated rings. The van der Waals surface area contributed by atoms with Crippen LogP contribution in [-0.2, 0) is 11.2 Å². The minimum atomic E-state index is -0.660. The molecule has 18 heavy (non-hydrogen) atoms. The van der Waals surface area contributed by atoms with Crippen LogP contribution in [0.15, 0.2) is 6.20 Å². The Morgan fingerprint density at radius 3 is 3.00 bits per heavy atom. The third-order valence-electron chi connectivity index (χ3n) is 2.42. The number of hydrogen-bond acceptors (Lipinski definition) is 5. The molecular weight excluding hydrogens is 252 g/mol. The minimum Gasteiger partial charge on any atom is -0.389 e. The molecule has 0 saturated heterocycles. The molecule has 1 unspecified atom stereocenters. The summed E-state index contributed by atoms with van der Waals surface area (Å²) in [6.07, 6.45) is 2.86. The van der Waals surface area contributed by atoms with Gasteiger partial charge in [0.1, 0.15) is 4.88 Å². The normalized spacial score (nSPS) is 12.4. The molecule has 1 N–H and O–H groups in total. The molecule has 0 spiro atoms. The van der Waals surface area contributed by atoms with E-state index in [2.05, 4.69) is 11.9 Å². The lowest BCUT2D eigenvalue weighted by molar-refractivity contribution is 0.0382. The van der Waals surface area contributed by atoms with Crippen molar-refractivity contribution in [3.63, 3.8) is 0 Å². The highest BCUT2D eigenvalue weighted by atomic mass is 32.1. The van der Waals surface area contributed by atoms with Gasteiger partial charge in [-0.3, -0.25) is 4.79 Å². The number of aliphatic hydroxyl groups excluding tert-OH is 1. The van der Waals surface area contributed by atoms with Gasteiger partial charge in [0.05, 0.1) is 23.9 Å². The van der Waals surface area contributed by atoms with Crippen LogP contribution in [0.3, 0.4) is 0 Å². The van der Waals surface area contributed by atoms with E-state index >= 15 is 0 Å². The summed E-state index contributed by atoms with van der Waals surface area (Å²) in [5.41, 5.74) is 0. The second kappa shape index (κ2) is 7.45. The van der Waals surface area contributed by atoms with Crippen LogP contribution < -0.4 is 0 Å². The van der Waals surface area contributed by atoms with Gasteiger partial charge in [0, 0.05) is 20.7 Å². The minimum absolute atomic E-state index is 0.106. The number of carbonyl (C=O) groups is 1. The molecule has 0 aliphatic heterocycles. The third-order valence-corrected chi connectivity index (χ3v) is 3.46. The molecule has 0 radical (unpaired) electrons. The topological polar surface area (TPSA) is 62.7 Å². The van der Waals surface area contributed by atoms with Crippen molar-refractivity contribution in [3.05, 3.63) is 16.1 Å². The molecule has 0 aliphatic carbocycles. The molecule has 1 aromatic heterocycles. The quantitative estimate of drug-likeness (QED) is 0.809. The van der Waals surface area contributed by atoms with Gasteiger partial charge in [-0.15, -0.1) is 11.3 Å². The highest BCUT2D eigenvalue weighted by Gasteiger charge is 2.17. The molecule has 1 rings (SSSR count). The number of methoxy groups -OCH3 is 1. The van der Waals surface area contributed by atoms with Gasteiger partial charge in [-0.05, 0) is 12.8 Å². The number of aliphatic hydroxyl groups is 1.